The Bertz CT molecular complexity index is 940. The zero-order valence-electron chi connectivity index (χ0n) is 11.4. The number of para-hydroxylation sites is 2. The van der Waals surface area contributed by atoms with Crippen LogP contribution in [0.4, 0.5) is 0 Å². The molecule has 4 rings (SSSR count). The molecule has 0 saturated heterocycles. The first-order valence-electron chi connectivity index (χ1n) is 6.94. The van der Waals surface area contributed by atoms with Crippen LogP contribution in [-0.4, -0.2) is 4.40 Å². The van der Waals surface area contributed by atoms with Gasteiger partial charge in [-0.3, -0.25) is 0 Å². The molecule has 2 aromatic carbocycles. The summed E-state index contributed by atoms with van der Waals surface area (Å²) in [5.41, 5.74) is 4.71. The van der Waals surface area contributed by atoms with Gasteiger partial charge in [-0.2, -0.15) is 4.57 Å². The van der Waals surface area contributed by atoms with Crippen molar-refractivity contribution in [3.05, 3.63) is 83.6 Å². The molecule has 0 N–H and O–H groups in total. The Morgan fingerprint density at radius 3 is 2.62 bits per heavy atom. The summed E-state index contributed by atoms with van der Waals surface area (Å²) in [6.07, 6.45) is 4.27. The van der Waals surface area contributed by atoms with Crippen LogP contribution in [-0.2, 0) is 6.54 Å². The predicted molar refractivity (Wildman–Crippen MR) is 85.7 cm³/mol. The second kappa shape index (κ2) is 4.90. The van der Waals surface area contributed by atoms with Gasteiger partial charge in [-0.15, -0.1) is 0 Å². The van der Waals surface area contributed by atoms with E-state index in [0.717, 1.165) is 17.1 Å². The molecule has 0 aliphatic carbocycles. The van der Waals surface area contributed by atoms with Crippen LogP contribution in [0.15, 0.2) is 73.1 Å². The molecule has 0 fully saturated rings. The van der Waals surface area contributed by atoms with Gasteiger partial charge in [-0.05, 0) is 24.3 Å². The van der Waals surface area contributed by atoms with Crippen molar-refractivity contribution < 1.29 is 4.57 Å². The van der Waals surface area contributed by atoms with Crippen LogP contribution in [0, 0.1) is 0 Å². The lowest BCUT2D eigenvalue weighted by atomic mass is 10.2. The zero-order chi connectivity index (χ0) is 14.2. The number of hydrogen-bond donors (Lipinski definition) is 0. The van der Waals surface area contributed by atoms with Gasteiger partial charge in [-0.25, -0.2) is 0 Å². The summed E-state index contributed by atoms with van der Waals surface area (Å²) in [6, 6.07) is 20.6. The molecule has 4 aromatic rings. The van der Waals surface area contributed by atoms with Gasteiger partial charge in [0.2, 0.25) is 5.52 Å². The fourth-order valence-electron chi connectivity index (χ4n) is 2.80. The third kappa shape index (κ3) is 2.08. The molecule has 0 unspecified atom stereocenters. The fraction of sp³-hybridized carbons (Fsp3) is 0.0556. The largest absolute Gasteiger partial charge is 0.306 e. The third-order valence-electron chi connectivity index (χ3n) is 3.82. The van der Waals surface area contributed by atoms with E-state index >= 15 is 0 Å². The van der Waals surface area contributed by atoms with Gasteiger partial charge in [-0.1, -0.05) is 41.9 Å². The van der Waals surface area contributed by atoms with E-state index in [1.165, 1.54) is 16.6 Å². The minimum Gasteiger partial charge on any atom is -0.306 e. The van der Waals surface area contributed by atoms with E-state index in [0.29, 0.717) is 0 Å². The normalized spacial score (nSPS) is 11.3. The second-order valence-corrected chi connectivity index (χ2v) is 5.55. The molecule has 0 amide bonds. The van der Waals surface area contributed by atoms with Crippen LogP contribution in [0.1, 0.15) is 5.56 Å². The van der Waals surface area contributed by atoms with Gasteiger partial charge in [0.05, 0.1) is 5.02 Å². The number of halogens is 1. The number of aromatic nitrogens is 2. The lowest BCUT2D eigenvalue weighted by Gasteiger charge is -2.06. The maximum Gasteiger partial charge on any atom is 0.229 e. The minimum absolute atomic E-state index is 0.766. The maximum atomic E-state index is 6.30. The highest BCUT2D eigenvalue weighted by atomic mass is 35.5. The number of nitrogens with zero attached hydrogens (tertiary/aromatic N) is 2. The molecule has 0 saturated carbocycles. The summed E-state index contributed by atoms with van der Waals surface area (Å²) in [4.78, 5) is 0. The van der Waals surface area contributed by atoms with Gasteiger partial charge >= 0.3 is 0 Å². The molecule has 3 heteroatoms. The summed E-state index contributed by atoms with van der Waals surface area (Å²) in [6.45, 7) is 0.766. The Balaban J connectivity index is 1.96. The summed E-state index contributed by atoms with van der Waals surface area (Å²) in [5.74, 6) is 0. The molecule has 0 aliphatic heterocycles. The van der Waals surface area contributed by atoms with E-state index in [-0.39, 0.29) is 0 Å². The molecule has 0 spiro atoms. The molecule has 0 atom stereocenters. The van der Waals surface area contributed by atoms with Crippen molar-refractivity contribution in [3.63, 3.8) is 0 Å². The molecule has 2 nitrogen and oxygen atoms in total. The van der Waals surface area contributed by atoms with Crippen LogP contribution >= 0.6 is 11.6 Å². The Hall–Kier alpha value is -2.32. The van der Waals surface area contributed by atoms with Gasteiger partial charge in [0, 0.05) is 17.8 Å². The zero-order valence-corrected chi connectivity index (χ0v) is 12.2. The summed E-state index contributed by atoms with van der Waals surface area (Å²) in [5, 5.41) is 0.810. The Kier molecular flexibility index (Phi) is 2.90. The molecular weight excluding hydrogens is 280 g/mol. The summed E-state index contributed by atoms with van der Waals surface area (Å²) >= 11 is 6.30. The van der Waals surface area contributed by atoms with Crippen molar-refractivity contribution in [2.45, 2.75) is 6.54 Å². The lowest BCUT2D eigenvalue weighted by molar-refractivity contribution is -0.661. The third-order valence-corrected chi connectivity index (χ3v) is 4.19. The average Bonchev–Trinajstić information content (AvgIpc) is 2.98. The Morgan fingerprint density at radius 1 is 0.905 bits per heavy atom. The number of benzene rings is 2. The first-order valence-corrected chi connectivity index (χ1v) is 7.32. The molecule has 0 aliphatic rings. The number of rotatable bonds is 2. The van der Waals surface area contributed by atoms with Crippen LogP contribution in [0.3, 0.4) is 0 Å². The topological polar surface area (TPSA) is 8.29 Å². The SMILES string of the molecule is Clc1ccccc1C[n+]1cc2cccn2c2ccccc21. The fourth-order valence-corrected chi connectivity index (χ4v) is 3.00. The van der Waals surface area contributed by atoms with Crippen molar-refractivity contribution in [3.8, 4) is 0 Å². The molecule has 0 radical (unpaired) electrons. The van der Waals surface area contributed by atoms with E-state index < -0.39 is 0 Å². The number of fused-ring (bicyclic) bond motifs is 3. The first-order chi connectivity index (χ1) is 10.3. The van der Waals surface area contributed by atoms with Crippen LogP contribution in [0.25, 0.3) is 16.6 Å². The molecule has 21 heavy (non-hydrogen) atoms. The smallest absolute Gasteiger partial charge is 0.229 e. The summed E-state index contributed by atoms with van der Waals surface area (Å²) in [7, 11) is 0. The summed E-state index contributed by atoms with van der Waals surface area (Å²) < 4.78 is 4.46. The molecule has 2 aromatic heterocycles. The van der Waals surface area contributed by atoms with Crippen molar-refractivity contribution in [1.29, 1.82) is 0 Å². The van der Waals surface area contributed by atoms with Crippen LogP contribution < -0.4 is 4.57 Å². The standard InChI is InChI=1S/C18H14ClN2/c19-16-8-2-1-6-14(16)12-20-13-15-7-5-11-21(15)18-10-4-3-9-17(18)20/h1-11,13H,12H2/q+1. The van der Waals surface area contributed by atoms with Gasteiger partial charge in [0.25, 0.3) is 0 Å². The molecule has 102 valence electrons. The molecule has 0 bridgehead atoms. The van der Waals surface area contributed by atoms with E-state index in [4.69, 9.17) is 11.6 Å². The minimum atomic E-state index is 0.766. The van der Waals surface area contributed by atoms with E-state index in [9.17, 15) is 0 Å². The van der Waals surface area contributed by atoms with Gasteiger partial charge in [0.1, 0.15) is 11.0 Å². The second-order valence-electron chi connectivity index (χ2n) is 5.14. The quantitative estimate of drug-likeness (QED) is 0.492. The Labute approximate surface area is 127 Å². The highest BCUT2D eigenvalue weighted by Crippen LogP contribution is 2.17. The highest BCUT2D eigenvalue weighted by molar-refractivity contribution is 6.31. The predicted octanol–water partition coefficient (Wildman–Crippen LogP) is 4.08. The molecular formula is C18H14ClN2+. The molecule has 2 heterocycles. The van der Waals surface area contributed by atoms with Crippen LogP contribution in [0.5, 0.6) is 0 Å². The van der Waals surface area contributed by atoms with Crippen molar-refractivity contribution >= 4 is 28.2 Å². The van der Waals surface area contributed by atoms with Crippen molar-refractivity contribution in [2.24, 2.45) is 0 Å². The highest BCUT2D eigenvalue weighted by Gasteiger charge is 2.14. The van der Waals surface area contributed by atoms with E-state index in [2.05, 4.69) is 63.8 Å². The first kappa shape index (κ1) is 12.4. The van der Waals surface area contributed by atoms with Crippen molar-refractivity contribution in [1.82, 2.24) is 4.40 Å². The maximum absolute atomic E-state index is 6.30. The van der Waals surface area contributed by atoms with E-state index in [1.807, 2.05) is 18.2 Å². The monoisotopic (exact) mass is 293 g/mol. The van der Waals surface area contributed by atoms with E-state index in [1.54, 1.807) is 0 Å². The van der Waals surface area contributed by atoms with Gasteiger partial charge in [0.15, 0.2) is 12.7 Å². The number of hydrogen-bond acceptors (Lipinski definition) is 0. The lowest BCUT2D eigenvalue weighted by Crippen LogP contribution is -2.35. The Morgan fingerprint density at radius 2 is 1.71 bits per heavy atom. The average molecular weight is 294 g/mol. The van der Waals surface area contributed by atoms with Crippen LogP contribution in [0.2, 0.25) is 5.02 Å². The van der Waals surface area contributed by atoms with Crippen molar-refractivity contribution in [2.75, 3.05) is 0 Å². The van der Waals surface area contributed by atoms with Gasteiger partial charge < -0.3 is 4.40 Å².